The van der Waals surface area contributed by atoms with Crippen LogP contribution >= 0.6 is 0 Å². The fourth-order valence-electron chi connectivity index (χ4n) is 5.60. The van der Waals surface area contributed by atoms with Crippen LogP contribution < -0.4 is 10.9 Å². The zero-order chi connectivity index (χ0) is 14.4. The summed E-state index contributed by atoms with van der Waals surface area (Å²) in [4.78, 5) is 16.5. The number of hydrogen-bond donors (Lipinski definition) is 1. The topological polar surface area (TPSA) is 46.9 Å². The molecule has 21 heavy (non-hydrogen) atoms. The maximum absolute atomic E-state index is 12.3. The molecule has 0 atom stereocenters. The molecular formula is C17H25N3O. The maximum Gasteiger partial charge on any atom is 0.293 e. The Bertz CT molecular complexity index is 557. The van der Waals surface area contributed by atoms with Gasteiger partial charge in [0.25, 0.3) is 5.56 Å². The van der Waals surface area contributed by atoms with Gasteiger partial charge >= 0.3 is 0 Å². The van der Waals surface area contributed by atoms with E-state index in [-0.39, 0.29) is 5.56 Å². The van der Waals surface area contributed by atoms with Crippen LogP contribution in [0.25, 0.3) is 0 Å². The normalized spacial score (nSPS) is 36.9. The molecule has 4 nitrogen and oxygen atoms in total. The predicted octanol–water partition coefficient (Wildman–Crippen LogP) is 2.89. The molecule has 4 heteroatoms. The summed E-state index contributed by atoms with van der Waals surface area (Å²) in [6.07, 6.45) is 12.0. The second kappa shape index (κ2) is 4.85. The van der Waals surface area contributed by atoms with Crippen molar-refractivity contribution in [3.05, 3.63) is 22.7 Å². The van der Waals surface area contributed by atoms with Gasteiger partial charge in [0.2, 0.25) is 0 Å². The van der Waals surface area contributed by atoms with Crippen LogP contribution in [-0.4, -0.2) is 16.1 Å². The summed E-state index contributed by atoms with van der Waals surface area (Å²) in [5, 5.41) is 3.40. The van der Waals surface area contributed by atoms with Crippen LogP contribution in [-0.2, 0) is 6.54 Å². The standard InChI is InChI=1S/C17H25N3O/c1-2-20-4-3-18-15(16(20)21)19-11-17-8-12-5-13(9-17)7-14(6-12)10-17/h3-4,12-14H,2,5-11H2,1H3,(H,18,19). The lowest BCUT2D eigenvalue weighted by atomic mass is 9.49. The fraction of sp³-hybridized carbons (Fsp3) is 0.765. The zero-order valence-electron chi connectivity index (χ0n) is 12.8. The molecule has 0 aliphatic heterocycles. The quantitative estimate of drug-likeness (QED) is 0.926. The van der Waals surface area contributed by atoms with Crippen molar-refractivity contribution in [2.75, 3.05) is 11.9 Å². The third-order valence-electron chi connectivity index (χ3n) is 6.05. The average Bonchev–Trinajstić information content (AvgIpc) is 2.45. The van der Waals surface area contributed by atoms with Crippen molar-refractivity contribution in [1.82, 2.24) is 9.55 Å². The maximum atomic E-state index is 12.3. The summed E-state index contributed by atoms with van der Waals surface area (Å²) in [7, 11) is 0. The second-order valence-electron chi connectivity index (χ2n) is 7.64. The van der Waals surface area contributed by atoms with Gasteiger partial charge < -0.3 is 9.88 Å². The summed E-state index contributed by atoms with van der Waals surface area (Å²) < 4.78 is 1.72. The van der Waals surface area contributed by atoms with E-state index in [0.717, 1.165) is 24.3 Å². The van der Waals surface area contributed by atoms with E-state index in [1.165, 1.54) is 38.5 Å². The van der Waals surface area contributed by atoms with Crippen molar-refractivity contribution in [2.45, 2.75) is 52.0 Å². The molecule has 0 amide bonds. The average molecular weight is 287 g/mol. The Morgan fingerprint density at radius 1 is 1.24 bits per heavy atom. The van der Waals surface area contributed by atoms with E-state index in [4.69, 9.17) is 0 Å². The Morgan fingerprint density at radius 3 is 2.43 bits per heavy atom. The highest BCUT2D eigenvalue weighted by atomic mass is 16.1. The number of rotatable bonds is 4. The molecule has 0 aromatic carbocycles. The molecule has 4 fully saturated rings. The first-order chi connectivity index (χ1) is 10.2. The third-order valence-corrected chi connectivity index (χ3v) is 6.05. The van der Waals surface area contributed by atoms with Gasteiger partial charge in [-0.05, 0) is 68.6 Å². The van der Waals surface area contributed by atoms with Crippen LogP contribution in [0.4, 0.5) is 5.82 Å². The van der Waals surface area contributed by atoms with Crippen LogP contribution in [0.2, 0.25) is 0 Å². The molecule has 0 saturated heterocycles. The molecule has 0 unspecified atom stereocenters. The summed E-state index contributed by atoms with van der Waals surface area (Å²) in [6.45, 7) is 3.63. The van der Waals surface area contributed by atoms with Crippen LogP contribution in [0.15, 0.2) is 17.2 Å². The van der Waals surface area contributed by atoms with Crippen LogP contribution in [0, 0.1) is 23.2 Å². The minimum absolute atomic E-state index is 0.0183. The Hall–Kier alpha value is -1.32. The highest BCUT2D eigenvalue weighted by Gasteiger charge is 2.50. The van der Waals surface area contributed by atoms with Gasteiger partial charge in [-0.25, -0.2) is 4.98 Å². The number of aryl methyl sites for hydroxylation is 1. The van der Waals surface area contributed by atoms with Crippen molar-refractivity contribution in [2.24, 2.45) is 23.2 Å². The number of nitrogens with one attached hydrogen (secondary N) is 1. The molecular weight excluding hydrogens is 262 g/mol. The predicted molar refractivity (Wildman–Crippen MR) is 83.3 cm³/mol. The molecule has 0 radical (unpaired) electrons. The molecule has 1 heterocycles. The zero-order valence-corrected chi connectivity index (χ0v) is 12.8. The first-order valence-corrected chi connectivity index (χ1v) is 8.47. The first kappa shape index (κ1) is 13.4. The third kappa shape index (κ3) is 2.29. The monoisotopic (exact) mass is 287 g/mol. The van der Waals surface area contributed by atoms with Crippen molar-refractivity contribution in [3.63, 3.8) is 0 Å². The number of nitrogens with zero attached hydrogens (tertiary/aromatic N) is 2. The SMILES string of the molecule is CCn1ccnc(NCC23CC4CC(CC(C4)C2)C3)c1=O. The minimum Gasteiger partial charge on any atom is -0.365 e. The molecule has 4 saturated carbocycles. The molecule has 5 rings (SSSR count). The van der Waals surface area contributed by atoms with E-state index in [1.54, 1.807) is 17.0 Å². The molecule has 0 spiro atoms. The Kier molecular flexibility index (Phi) is 3.09. The largest absolute Gasteiger partial charge is 0.365 e. The van der Waals surface area contributed by atoms with Crippen molar-refractivity contribution >= 4 is 5.82 Å². The number of hydrogen-bond acceptors (Lipinski definition) is 3. The van der Waals surface area contributed by atoms with Gasteiger partial charge in [-0.1, -0.05) is 0 Å². The lowest BCUT2D eigenvalue weighted by molar-refractivity contribution is -0.0444. The molecule has 1 aromatic rings. The molecule has 1 aromatic heterocycles. The van der Waals surface area contributed by atoms with Gasteiger partial charge in [0.05, 0.1) is 0 Å². The van der Waals surface area contributed by atoms with E-state index in [1.807, 2.05) is 6.92 Å². The number of anilines is 1. The molecule has 1 N–H and O–H groups in total. The van der Waals surface area contributed by atoms with Crippen molar-refractivity contribution < 1.29 is 0 Å². The molecule has 4 aliphatic carbocycles. The van der Waals surface area contributed by atoms with E-state index in [0.29, 0.717) is 17.8 Å². The lowest BCUT2D eigenvalue weighted by Gasteiger charge is -2.56. The molecule has 4 bridgehead atoms. The smallest absolute Gasteiger partial charge is 0.293 e. The lowest BCUT2D eigenvalue weighted by Crippen LogP contribution is -2.49. The van der Waals surface area contributed by atoms with Gasteiger partial charge in [0.1, 0.15) is 0 Å². The van der Waals surface area contributed by atoms with E-state index >= 15 is 0 Å². The summed E-state index contributed by atoms with van der Waals surface area (Å²) >= 11 is 0. The van der Waals surface area contributed by atoms with Crippen LogP contribution in [0.5, 0.6) is 0 Å². The van der Waals surface area contributed by atoms with Gasteiger partial charge in [0, 0.05) is 25.5 Å². The molecule has 114 valence electrons. The van der Waals surface area contributed by atoms with Gasteiger partial charge in [-0.15, -0.1) is 0 Å². The van der Waals surface area contributed by atoms with Gasteiger partial charge in [-0.3, -0.25) is 4.79 Å². The van der Waals surface area contributed by atoms with Crippen molar-refractivity contribution in [3.8, 4) is 0 Å². The van der Waals surface area contributed by atoms with E-state index < -0.39 is 0 Å². The highest BCUT2D eigenvalue weighted by molar-refractivity contribution is 5.31. The fourth-order valence-corrected chi connectivity index (χ4v) is 5.60. The Morgan fingerprint density at radius 2 is 1.86 bits per heavy atom. The van der Waals surface area contributed by atoms with E-state index in [2.05, 4.69) is 10.3 Å². The van der Waals surface area contributed by atoms with Crippen molar-refractivity contribution in [1.29, 1.82) is 0 Å². The van der Waals surface area contributed by atoms with E-state index in [9.17, 15) is 4.79 Å². The summed E-state index contributed by atoms with van der Waals surface area (Å²) in [5.74, 6) is 3.40. The first-order valence-electron chi connectivity index (χ1n) is 8.47. The molecule has 4 aliphatic rings. The second-order valence-corrected chi connectivity index (χ2v) is 7.64. The van der Waals surface area contributed by atoms with Gasteiger partial charge in [-0.2, -0.15) is 0 Å². The van der Waals surface area contributed by atoms with Gasteiger partial charge in [0.15, 0.2) is 5.82 Å². The minimum atomic E-state index is 0.0183. The number of aromatic nitrogens is 2. The van der Waals surface area contributed by atoms with Crippen LogP contribution in [0.1, 0.15) is 45.4 Å². The Labute approximate surface area is 126 Å². The summed E-state index contributed by atoms with van der Waals surface area (Å²) in [5.41, 5.74) is 0.459. The highest BCUT2D eigenvalue weighted by Crippen LogP contribution is 2.59. The summed E-state index contributed by atoms with van der Waals surface area (Å²) in [6, 6.07) is 0. The Balaban J connectivity index is 1.51. The van der Waals surface area contributed by atoms with Crippen LogP contribution in [0.3, 0.4) is 0 Å².